The van der Waals surface area contributed by atoms with Crippen LogP contribution in [0.25, 0.3) is 0 Å². The highest BCUT2D eigenvalue weighted by atomic mass is 35.5. The van der Waals surface area contributed by atoms with Crippen molar-refractivity contribution in [3.05, 3.63) is 35.1 Å². The van der Waals surface area contributed by atoms with Crippen LogP contribution in [0, 0.1) is 24.6 Å². The monoisotopic (exact) mass is 300 g/mol. The summed E-state index contributed by atoms with van der Waals surface area (Å²) in [6.07, 6.45) is 0. The average molecular weight is 301 g/mol. The number of hydrogen-bond acceptors (Lipinski definition) is 2. The summed E-state index contributed by atoms with van der Waals surface area (Å²) in [6.45, 7) is 7.45. The van der Waals surface area contributed by atoms with Crippen molar-refractivity contribution < 1.29 is 9.18 Å². The van der Waals surface area contributed by atoms with Crippen LogP contribution in [0.1, 0.15) is 31.0 Å². The van der Waals surface area contributed by atoms with Crippen LogP contribution in [0.15, 0.2) is 18.2 Å². The SMILES string of the molecule is Cc1cc(C(C)NC(=O)C(C)C2CNC2)ccc1F.Cl. The number of rotatable bonds is 4. The Morgan fingerprint density at radius 2 is 2.05 bits per heavy atom. The highest BCUT2D eigenvalue weighted by molar-refractivity contribution is 5.85. The molecule has 2 atom stereocenters. The van der Waals surface area contributed by atoms with Crippen molar-refractivity contribution in [2.45, 2.75) is 26.8 Å². The van der Waals surface area contributed by atoms with Gasteiger partial charge in [0.2, 0.25) is 5.91 Å². The van der Waals surface area contributed by atoms with E-state index in [1.54, 1.807) is 19.1 Å². The summed E-state index contributed by atoms with van der Waals surface area (Å²) in [6, 6.07) is 4.87. The first-order valence-electron chi connectivity index (χ1n) is 6.76. The minimum atomic E-state index is -0.212. The fourth-order valence-corrected chi connectivity index (χ4v) is 2.24. The normalized spacial score (nSPS) is 17.6. The van der Waals surface area contributed by atoms with Gasteiger partial charge in [0.1, 0.15) is 5.82 Å². The van der Waals surface area contributed by atoms with E-state index >= 15 is 0 Å². The molecule has 1 fully saturated rings. The van der Waals surface area contributed by atoms with E-state index in [9.17, 15) is 9.18 Å². The molecule has 1 aliphatic rings. The van der Waals surface area contributed by atoms with Crippen LogP contribution < -0.4 is 10.6 Å². The third kappa shape index (κ3) is 3.70. The van der Waals surface area contributed by atoms with Gasteiger partial charge in [-0.15, -0.1) is 12.4 Å². The van der Waals surface area contributed by atoms with Crippen molar-refractivity contribution >= 4 is 18.3 Å². The zero-order valence-electron chi connectivity index (χ0n) is 12.1. The molecule has 2 unspecified atom stereocenters. The lowest BCUT2D eigenvalue weighted by Gasteiger charge is -2.32. The number of hydrogen-bond donors (Lipinski definition) is 2. The number of carbonyl (C=O) groups excluding carboxylic acids is 1. The van der Waals surface area contributed by atoms with Crippen LogP contribution in [-0.4, -0.2) is 19.0 Å². The topological polar surface area (TPSA) is 41.1 Å². The average Bonchev–Trinajstić information content (AvgIpc) is 2.30. The maximum atomic E-state index is 13.2. The number of amides is 1. The molecule has 0 aromatic heterocycles. The van der Waals surface area contributed by atoms with Gasteiger partial charge in [-0.1, -0.05) is 19.1 Å². The largest absolute Gasteiger partial charge is 0.349 e. The van der Waals surface area contributed by atoms with Crippen molar-refractivity contribution in [1.82, 2.24) is 10.6 Å². The fraction of sp³-hybridized carbons (Fsp3) is 0.533. The van der Waals surface area contributed by atoms with E-state index in [-0.39, 0.29) is 36.1 Å². The van der Waals surface area contributed by atoms with Gasteiger partial charge >= 0.3 is 0 Å². The lowest BCUT2D eigenvalue weighted by Crippen LogP contribution is -2.49. The molecular weight excluding hydrogens is 279 g/mol. The van der Waals surface area contributed by atoms with E-state index in [1.165, 1.54) is 6.07 Å². The van der Waals surface area contributed by atoms with Crippen molar-refractivity contribution in [2.24, 2.45) is 11.8 Å². The first-order chi connectivity index (χ1) is 8.99. The smallest absolute Gasteiger partial charge is 0.223 e. The number of benzene rings is 1. The molecule has 5 heteroatoms. The molecule has 0 radical (unpaired) electrons. The third-order valence-corrected chi connectivity index (χ3v) is 3.97. The number of carbonyl (C=O) groups is 1. The molecule has 112 valence electrons. The summed E-state index contributed by atoms with van der Waals surface area (Å²) in [4.78, 5) is 12.1. The molecule has 1 saturated heterocycles. The molecule has 2 N–H and O–H groups in total. The Balaban J connectivity index is 0.00000200. The van der Waals surface area contributed by atoms with E-state index in [0.717, 1.165) is 18.7 Å². The highest BCUT2D eigenvalue weighted by Gasteiger charge is 2.29. The highest BCUT2D eigenvalue weighted by Crippen LogP contribution is 2.20. The summed E-state index contributed by atoms with van der Waals surface area (Å²) in [7, 11) is 0. The van der Waals surface area contributed by atoms with Crippen LogP contribution in [-0.2, 0) is 4.79 Å². The Kier molecular flexibility index (Phi) is 5.96. The lowest BCUT2D eigenvalue weighted by atomic mass is 9.88. The Hall–Kier alpha value is -1.13. The van der Waals surface area contributed by atoms with Gasteiger partial charge in [-0.25, -0.2) is 4.39 Å². The van der Waals surface area contributed by atoms with Gasteiger partial charge in [-0.05, 0) is 50.0 Å². The molecule has 0 saturated carbocycles. The summed E-state index contributed by atoms with van der Waals surface area (Å²) >= 11 is 0. The lowest BCUT2D eigenvalue weighted by molar-refractivity contribution is -0.127. The van der Waals surface area contributed by atoms with E-state index in [0.29, 0.717) is 11.5 Å². The minimum Gasteiger partial charge on any atom is -0.349 e. The summed E-state index contributed by atoms with van der Waals surface area (Å²) in [5.41, 5.74) is 1.54. The van der Waals surface area contributed by atoms with Crippen LogP contribution in [0.4, 0.5) is 4.39 Å². The van der Waals surface area contributed by atoms with Crippen LogP contribution in [0.2, 0.25) is 0 Å². The van der Waals surface area contributed by atoms with Gasteiger partial charge in [0.15, 0.2) is 0 Å². The number of halogens is 2. The third-order valence-electron chi connectivity index (χ3n) is 3.97. The van der Waals surface area contributed by atoms with Gasteiger partial charge in [-0.3, -0.25) is 4.79 Å². The molecule has 20 heavy (non-hydrogen) atoms. The van der Waals surface area contributed by atoms with E-state index in [2.05, 4.69) is 10.6 Å². The summed E-state index contributed by atoms with van der Waals surface area (Å²) in [5.74, 6) is 0.310. The predicted octanol–water partition coefficient (Wildman–Crippen LogP) is 2.59. The Morgan fingerprint density at radius 3 is 2.55 bits per heavy atom. The quantitative estimate of drug-likeness (QED) is 0.897. The van der Waals surface area contributed by atoms with E-state index in [4.69, 9.17) is 0 Å². The van der Waals surface area contributed by atoms with Gasteiger partial charge in [0.05, 0.1) is 6.04 Å². The molecule has 1 aromatic rings. The van der Waals surface area contributed by atoms with Crippen molar-refractivity contribution in [2.75, 3.05) is 13.1 Å². The van der Waals surface area contributed by atoms with Crippen molar-refractivity contribution in [1.29, 1.82) is 0 Å². The summed E-state index contributed by atoms with van der Waals surface area (Å²) in [5, 5.41) is 6.18. The Bertz CT molecular complexity index is 477. The van der Waals surface area contributed by atoms with Gasteiger partial charge in [0.25, 0.3) is 0 Å². The Morgan fingerprint density at radius 1 is 1.40 bits per heavy atom. The second-order valence-electron chi connectivity index (χ2n) is 5.45. The molecule has 0 spiro atoms. The summed E-state index contributed by atoms with van der Waals surface area (Å²) < 4.78 is 13.2. The maximum Gasteiger partial charge on any atom is 0.223 e. The van der Waals surface area contributed by atoms with Crippen molar-refractivity contribution in [3.63, 3.8) is 0 Å². The van der Waals surface area contributed by atoms with E-state index < -0.39 is 0 Å². The van der Waals surface area contributed by atoms with Gasteiger partial charge in [0, 0.05) is 5.92 Å². The number of aryl methyl sites for hydroxylation is 1. The van der Waals surface area contributed by atoms with Gasteiger partial charge < -0.3 is 10.6 Å². The molecule has 3 nitrogen and oxygen atoms in total. The predicted molar refractivity (Wildman–Crippen MR) is 80.5 cm³/mol. The second-order valence-corrected chi connectivity index (χ2v) is 5.45. The molecule has 1 heterocycles. The fourth-order valence-electron chi connectivity index (χ4n) is 2.24. The first kappa shape index (κ1) is 16.9. The first-order valence-corrected chi connectivity index (χ1v) is 6.76. The van der Waals surface area contributed by atoms with Crippen LogP contribution in [0.3, 0.4) is 0 Å². The van der Waals surface area contributed by atoms with Crippen molar-refractivity contribution in [3.8, 4) is 0 Å². The van der Waals surface area contributed by atoms with Crippen LogP contribution >= 0.6 is 12.4 Å². The molecule has 1 aromatic carbocycles. The maximum absolute atomic E-state index is 13.2. The van der Waals surface area contributed by atoms with E-state index in [1.807, 2.05) is 13.8 Å². The molecule has 1 aliphatic heterocycles. The van der Waals surface area contributed by atoms with Gasteiger partial charge in [-0.2, -0.15) is 0 Å². The molecular formula is C15H22ClFN2O. The number of nitrogens with one attached hydrogen (secondary N) is 2. The molecule has 2 rings (SSSR count). The second kappa shape index (κ2) is 7.04. The zero-order valence-corrected chi connectivity index (χ0v) is 12.9. The molecule has 1 amide bonds. The molecule has 0 aliphatic carbocycles. The molecule has 0 bridgehead atoms. The minimum absolute atomic E-state index is 0. The zero-order chi connectivity index (χ0) is 14.0. The Labute approximate surface area is 125 Å². The van der Waals surface area contributed by atoms with Crippen LogP contribution in [0.5, 0.6) is 0 Å². The standard InChI is InChI=1S/C15H21FN2O.ClH/c1-9-6-12(4-5-14(9)16)11(3)18-15(19)10(2)13-7-17-8-13;/h4-6,10-11,13,17H,7-8H2,1-3H3,(H,18,19);1H.